The number of halogens is 2. The van der Waals surface area contributed by atoms with Gasteiger partial charge in [0.1, 0.15) is 0 Å². The Labute approximate surface area is 120 Å². The highest BCUT2D eigenvalue weighted by Crippen LogP contribution is 2.18. The van der Waals surface area contributed by atoms with Crippen LogP contribution in [0.25, 0.3) is 0 Å². The molecule has 0 saturated carbocycles. The van der Waals surface area contributed by atoms with Crippen LogP contribution in [0.1, 0.15) is 11.3 Å². The first-order chi connectivity index (χ1) is 8.65. The zero-order valence-electron chi connectivity index (χ0n) is 9.98. The van der Waals surface area contributed by atoms with Gasteiger partial charge in [-0.25, -0.2) is 9.97 Å². The van der Waals surface area contributed by atoms with Crippen molar-refractivity contribution in [2.75, 3.05) is 7.05 Å². The summed E-state index contributed by atoms with van der Waals surface area (Å²) in [5, 5.41) is 0.293. The molecule has 0 aliphatic heterocycles. The summed E-state index contributed by atoms with van der Waals surface area (Å²) >= 11 is 9.31. The third kappa shape index (κ3) is 3.77. The van der Waals surface area contributed by atoms with Crippen LogP contribution in [0, 0.1) is 0 Å². The van der Waals surface area contributed by atoms with Crippen LogP contribution in [0.3, 0.4) is 0 Å². The van der Waals surface area contributed by atoms with E-state index in [1.165, 1.54) is 5.56 Å². The smallest absolute Gasteiger partial charge is 0.222 e. The maximum atomic E-state index is 5.77. The van der Waals surface area contributed by atoms with Crippen LogP contribution >= 0.6 is 27.5 Å². The first-order valence-corrected chi connectivity index (χ1v) is 6.71. The van der Waals surface area contributed by atoms with E-state index in [4.69, 9.17) is 11.6 Å². The lowest BCUT2D eigenvalue weighted by molar-refractivity contribution is 0.314. The van der Waals surface area contributed by atoms with E-state index in [2.05, 4.69) is 43.9 Å². The number of rotatable bonds is 4. The summed E-state index contributed by atoms with van der Waals surface area (Å²) in [6.45, 7) is 1.59. The average Bonchev–Trinajstić information content (AvgIpc) is 2.32. The zero-order valence-corrected chi connectivity index (χ0v) is 12.3. The summed E-state index contributed by atoms with van der Waals surface area (Å²) in [7, 11) is 2.05. The van der Waals surface area contributed by atoms with Crippen LogP contribution < -0.4 is 0 Å². The Morgan fingerprint density at radius 3 is 2.72 bits per heavy atom. The number of hydrogen-bond acceptors (Lipinski definition) is 3. The minimum absolute atomic E-state index is 0.293. The molecule has 2 rings (SSSR count). The third-order valence-electron chi connectivity index (χ3n) is 2.51. The Morgan fingerprint density at radius 2 is 2.00 bits per heavy atom. The Kier molecular flexibility index (Phi) is 4.69. The average molecular weight is 327 g/mol. The molecule has 2 aromatic rings. The van der Waals surface area contributed by atoms with Gasteiger partial charge in [-0.3, -0.25) is 4.90 Å². The molecule has 5 heteroatoms. The van der Waals surface area contributed by atoms with Gasteiger partial charge < -0.3 is 0 Å². The Bertz CT molecular complexity index is 533. The normalized spacial score (nSPS) is 10.9. The van der Waals surface area contributed by atoms with Crippen molar-refractivity contribution in [2.45, 2.75) is 13.1 Å². The molecule has 0 aliphatic carbocycles. The van der Waals surface area contributed by atoms with Crippen LogP contribution in [0.5, 0.6) is 0 Å². The van der Waals surface area contributed by atoms with E-state index in [-0.39, 0.29) is 0 Å². The molecule has 0 unspecified atom stereocenters. The Balaban J connectivity index is 2.01. The predicted molar refractivity (Wildman–Crippen MR) is 76.4 cm³/mol. The lowest BCUT2D eigenvalue weighted by atomic mass is 10.2. The minimum atomic E-state index is 0.293. The molecule has 0 radical (unpaired) electrons. The molecule has 0 atom stereocenters. The van der Waals surface area contributed by atoms with E-state index in [9.17, 15) is 0 Å². The molecular weight excluding hydrogens is 314 g/mol. The largest absolute Gasteiger partial charge is 0.296 e. The molecular formula is C13H13BrClN3. The van der Waals surface area contributed by atoms with Crippen molar-refractivity contribution < 1.29 is 0 Å². The first-order valence-electron chi connectivity index (χ1n) is 5.54. The SMILES string of the molecule is CN(Cc1ccnc(Cl)n1)Cc1ccccc1Br. The molecule has 0 spiro atoms. The second-order valence-corrected chi connectivity index (χ2v) is 5.27. The van der Waals surface area contributed by atoms with Gasteiger partial charge >= 0.3 is 0 Å². The van der Waals surface area contributed by atoms with Crippen molar-refractivity contribution >= 4 is 27.5 Å². The lowest BCUT2D eigenvalue weighted by Crippen LogP contribution is -2.18. The first kappa shape index (κ1) is 13.5. The molecule has 0 amide bonds. The number of hydrogen-bond donors (Lipinski definition) is 0. The van der Waals surface area contributed by atoms with Gasteiger partial charge in [0, 0.05) is 23.8 Å². The van der Waals surface area contributed by atoms with Gasteiger partial charge in [0.15, 0.2) is 0 Å². The molecule has 18 heavy (non-hydrogen) atoms. The fourth-order valence-electron chi connectivity index (χ4n) is 1.71. The van der Waals surface area contributed by atoms with Crippen molar-refractivity contribution in [3.8, 4) is 0 Å². The number of benzene rings is 1. The molecule has 0 fully saturated rings. The molecule has 3 nitrogen and oxygen atoms in total. The summed E-state index contributed by atoms with van der Waals surface area (Å²) in [6.07, 6.45) is 1.68. The fraction of sp³-hybridized carbons (Fsp3) is 0.231. The predicted octanol–water partition coefficient (Wildman–Crippen LogP) is 3.52. The van der Waals surface area contributed by atoms with Crippen molar-refractivity contribution in [3.05, 3.63) is 57.5 Å². The monoisotopic (exact) mass is 325 g/mol. The summed E-state index contributed by atoms with van der Waals surface area (Å²) in [4.78, 5) is 10.2. The van der Waals surface area contributed by atoms with Crippen molar-refractivity contribution in [2.24, 2.45) is 0 Å². The van der Waals surface area contributed by atoms with E-state index in [0.29, 0.717) is 5.28 Å². The third-order valence-corrected chi connectivity index (χ3v) is 3.47. The van der Waals surface area contributed by atoms with E-state index in [0.717, 1.165) is 23.3 Å². The highest BCUT2D eigenvalue weighted by molar-refractivity contribution is 9.10. The molecule has 0 bridgehead atoms. The minimum Gasteiger partial charge on any atom is -0.296 e. The highest BCUT2D eigenvalue weighted by atomic mass is 79.9. The van der Waals surface area contributed by atoms with Crippen molar-refractivity contribution in [3.63, 3.8) is 0 Å². The molecule has 1 heterocycles. The quantitative estimate of drug-likeness (QED) is 0.805. The van der Waals surface area contributed by atoms with E-state index < -0.39 is 0 Å². The van der Waals surface area contributed by atoms with Crippen LogP contribution in [0.2, 0.25) is 5.28 Å². The summed E-state index contributed by atoms with van der Waals surface area (Å²) in [5.74, 6) is 0. The molecule has 0 N–H and O–H groups in total. The lowest BCUT2D eigenvalue weighted by Gasteiger charge is -2.17. The van der Waals surface area contributed by atoms with Crippen LogP contribution in [-0.4, -0.2) is 21.9 Å². The van der Waals surface area contributed by atoms with Crippen LogP contribution in [-0.2, 0) is 13.1 Å². The summed E-state index contributed by atoms with van der Waals surface area (Å²) in [6, 6.07) is 10.1. The summed E-state index contributed by atoms with van der Waals surface area (Å²) < 4.78 is 1.12. The summed E-state index contributed by atoms with van der Waals surface area (Å²) in [5.41, 5.74) is 2.17. The molecule has 1 aromatic carbocycles. The topological polar surface area (TPSA) is 29.0 Å². The molecule has 0 aliphatic rings. The van der Waals surface area contributed by atoms with Gasteiger partial charge in [0.25, 0.3) is 0 Å². The second-order valence-electron chi connectivity index (χ2n) is 4.08. The molecule has 94 valence electrons. The highest BCUT2D eigenvalue weighted by Gasteiger charge is 2.05. The number of aromatic nitrogens is 2. The van der Waals surface area contributed by atoms with Crippen LogP contribution in [0.4, 0.5) is 0 Å². The van der Waals surface area contributed by atoms with E-state index in [1.807, 2.05) is 24.3 Å². The van der Waals surface area contributed by atoms with Gasteiger partial charge in [0.05, 0.1) is 5.69 Å². The number of nitrogens with zero attached hydrogens (tertiary/aromatic N) is 3. The maximum absolute atomic E-state index is 5.77. The van der Waals surface area contributed by atoms with Gasteiger partial charge in [0.2, 0.25) is 5.28 Å². The fourth-order valence-corrected chi connectivity index (χ4v) is 2.28. The van der Waals surface area contributed by atoms with Gasteiger partial charge in [-0.05, 0) is 36.3 Å². The Morgan fingerprint density at radius 1 is 1.22 bits per heavy atom. The van der Waals surface area contributed by atoms with Crippen molar-refractivity contribution in [1.29, 1.82) is 0 Å². The van der Waals surface area contributed by atoms with E-state index >= 15 is 0 Å². The molecule has 0 saturated heterocycles. The van der Waals surface area contributed by atoms with Crippen LogP contribution in [0.15, 0.2) is 41.0 Å². The molecule has 1 aromatic heterocycles. The Hall–Kier alpha value is -0.970. The standard InChI is InChI=1S/C13H13BrClN3/c1-18(8-10-4-2-3-5-12(10)14)9-11-6-7-16-13(15)17-11/h2-7H,8-9H2,1H3. The van der Waals surface area contributed by atoms with Crippen molar-refractivity contribution in [1.82, 2.24) is 14.9 Å². The van der Waals surface area contributed by atoms with Gasteiger partial charge in [-0.2, -0.15) is 0 Å². The maximum Gasteiger partial charge on any atom is 0.222 e. The second kappa shape index (κ2) is 6.27. The van der Waals surface area contributed by atoms with Gasteiger partial charge in [-0.1, -0.05) is 34.1 Å². The van der Waals surface area contributed by atoms with Gasteiger partial charge in [-0.15, -0.1) is 0 Å². The van der Waals surface area contributed by atoms with E-state index in [1.54, 1.807) is 6.20 Å². The zero-order chi connectivity index (χ0) is 13.0.